The van der Waals surface area contributed by atoms with E-state index in [-0.39, 0.29) is 0 Å². The molecular weight excluding hydrogens is 300 g/mol. The second kappa shape index (κ2) is 10.2. The first kappa shape index (κ1) is 21.2. The quantitative estimate of drug-likeness (QED) is 0.341. The van der Waals surface area contributed by atoms with Crippen LogP contribution in [0, 0.1) is 11.3 Å². The van der Waals surface area contributed by atoms with Crippen molar-refractivity contribution in [2.24, 2.45) is 11.3 Å². The van der Waals surface area contributed by atoms with Crippen molar-refractivity contribution in [1.82, 2.24) is 0 Å². The SMILES string of the molecule is CC(C)=C/C=C/C=C(C)/C=C/C=C(C)/C=C/[C@H]1C(C)=CCCC1(C)C. The van der Waals surface area contributed by atoms with Crippen molar-refractivity contribution in [1.29, 1.82) is 0 Å². The maximum atomic E-state index is 2.40. The molecule has 1 atom stereocenters. The van der Waals surface area contributed by atoms with E-state index in [2.05, 4.69) is 109 Å². The summed E-state index contributed by atoms with van der Waals surface area (Å²) in [5.41, 5.74) is 5.73. The van der Waals surface area contributed by atoms with Gasteiger partial charge in [-0.2, -0.15) is 0 Å². The summed E-state index contributed by atoms with van der Waals surface area (Å²) < 4.78 is 0. The second-order valence-electron chi connectivity index (χ2n) is 8.12. The van der Waals surface area contributed by atoms with Crippen LogP contribution in [0.2, 0.25) is 0 Å². The maximum Gasteiger partial charge on any atom is 0.00285 e. The minimum absolute atomic E-state index is 0.363. The molecule has 25 heavy (non-hydrogen) atoms. The van der Waals surface area contributed by atoms with Crippen LogP contribution in [-0.2, 0) is 0 Å². The molecule has 0 saturated carbocycles. The van der Waals surface area contributed by atoms with Gasteiger partial charge in [0, 0.05) is 5.92 Å². The van der Waals surface area contributed by atoms with E-state index in [1.807, 2.05) is 0 Å². The molecule has 0 fully saturated rings. The summed E-state index contributed by atoms with van der Waals surface area (Å²) in [5, 5.41) is 0. The maximum absolute atomic E-state index is 2.40. The van der Waals surface area contributed by atoms with Gasteiger partial charge in [-0.25, -0.2) is 0 Å². The van der Waals surface area contributed by atoms with E-state index in [1.165, 1.54) is 35.1 Å². The molecule has 0 heterocycles. The first-order valence-electron chi connectivity index (χ1n) is 9.40. The lowest BCUT2D eigenvalue weighted by molar-refractivity contribution is 0.255. The Morgan fingerprint density at radius 3 is 2.16 bits per heavy atom. The van der Waals surface area contributed by atoms with Gasteiger partial charge in [0.2, 0.25) is 0 Å². The van der Waals surface area contributed by atoms with Crippen LogP contribution in [0.15, 0.2) is 83.1 Å². The molecule has 0 amide bonds. The van der Waals surface area contributed by atoms with Crippen LogP contribution in [0.25, 0.3) is 0 Å². The summed E-state index contributed by atoms with van der Waals surface area (Å²) >= 11 is 0. The standard InChI is InChI=1S/C25H36/c1-20(2)12-8-9-13-21(3)14-10-15-22(4)17-18-24-23(5)16-11-19-25(24,6)7/h8-10,12-18,24H,11,19H2,1-7H3/b9-8+,14-10+,18-17+,21-13+,22-15+/t24-/m0/s1. The topological polar surface area (TPSA) is 0 Å². The van der Waals surface area contributed by atoms with E-state index in [4.69, 9.17) is 0 Å². The molecule has 0 aliphatic heterocycles. The van der Waals surface area contributed by atoms with E-state index < -0.39 is 0 Å². The van der Waals surface area contributed by atoms with Crippen LogP contribution in [0.4, 0.5) is 0 Å². The lowest BCUT2D eigenvalue weighted by atomic mass is 9.68. The molecule has 0 N–H and O–H groups in total. The largest absolute Gasteiger partial charge is 0.0850 e. The zero-order chi connectivity index (χ0) is 18.9. The van der Waals surface area contributed by atoms with E-state index in [0.29, 0.717) is 11.3 Å². The molecular formula is C25H36. The normalized spacial score (nSPS) is 22.0. The first-order valence-corrected chi connectivity index (χ1v) is 9.40. The molecule has 0 aromatic heterocycles. The zero-order valence-corrected chi connectivity index (χ0v) is 17.3. The van der Waals surface area contributed by atoms with E-state index in [1.54, 1.807) is 0 Å². The molecule has 0 unspecified atom stereocenters. The molecule has 136 valence electrons. The van der Waals surface area contributed by atoms with Crippen molar-refractivity contribution in [2.75, 3.05) is 0 Å². The average Bonchev–Trinajstić information content (AvgIpc) is 2.50. The third-order valence-electron chi connectivity index (χ3n) is 4.76. The van der Waals surface area contributed by atoms with Crippen LogP contribution in [-0.4, -0.2) is 0 Å². The van der Waals surface area contributed by atoms with Crippen molar-refractivity contribution in [3.8, 4) is 0 Å². The second-order valence-corrected chi connectivity index (χ2v) is 8.12. The molecule has 0 aromatic rings. The molecule has 0 spiro atoms. The van der Waals surface area contributed by atoms with Gasteiger partial charge in [-0.1, -0.05) is 96.9 Å². The van der Waals surface area contributed by atoms with Crippen LogP contribution in [0.5, 0.6) is 0 Å². The Balaban J connectivity index is 2.67. The highest BCUT2D eigenvalue weighted by molar-refractivity contribution is 5.30. The Bertz CT molecular complexity index is 636. The Hall–Kier alpha value is -1.82. The van der Waals surface area contributed by atoms with Gasteiger partial charge in [0.1, 0.15) is 0 Å². The van der Waals surface area contributed by atoms with Crippen LogP contribution in [0.1, 0.15) is 61.3 Å². The summed E-state index contributed by atoms with van der Waals surface area (Å²) in [6.07, 6.45) is 24.4. The van der Waals surface area contributed by atoms with E-state index in [0.717, 1.165) is 0 Å². The molecule has 0 radical (unpaired) electrons. The Morgan fingerprint density at radius 1 is 0.920 bits per heavy atom. The van der Waals surface area contributed by atoms with Gasteiger partial charge in [-0.3, -0.25) is 0 Å². The highest BCUT2D eigenvalue weighted by atomic mass is 14.3. The molecule has 1 rings (SSSR count). The third-order valence-corrected chi connectivity index (χ3v) is 4.76. The highest BCUT2D eigenvalue weighted by Crippen LogP contribution is 2.41. The molecule has 0 nitrogen and oxygen atoms in total. The summed E-state index contributed by atoms with van der Waals surface area (Å²) in [4.78, 5) is 0. The average molecular weight is 337 g/mol. The summed E-state index contributed by atoms with van der Waals surface area (Å²) in [6, 6.07) is 0. The molecule has 0 heteroatoms. The fourth-order valence-electron chi connectivity index (χ4n) is 3.15. The van der Waals surface area contributed by atoms with Crippen molar-refractivity contribution in [2.45, 2.75) is 61.3 Å². The minimum atomic E-state index is 0.363. The summed E-state index contributed by atoms with van der Waals surface area (Å²) in [6.45, 7) is 15.5. The third kappa shape index (κ3) is 8.20. The number of hydrogen-bond donors (Lipinski definition) is 0. The zero-order valence-electron chi connectivity index (χ0n) is 17.3. The Morgan fingerprint density at radius 2 is 1.52 bits per heavy atom. The number of allylic oxidation sites excluding steroid dienone is 14. The van der Waals surface area contributed by atoms with Gasteiger partial charge in [-0.05, 0) is 52.9 Å². The molecule has 1 aliphatic carbocycles. The van der Waals surface area contributed by atoms with Crippen LogP contribution in [0.3, 0.4) is 0 Å². The fourth-order valence-corrected chi connectivity index (χ4v) is 3.15. The Labute approximate surface area is 156 Å². The lowest BCUT2D eigenvalue weighted by Gasteiger charge is -2.36. The van der Waals surface area contributed by atoms with Gasteiger partial charge in [-0.15, -0.1) is 0 Å². The molecule has 0 bridgehead atoms. The number of hydrogen-bond acceptors (Lipinski definition) is 0. The molecule has 0 aromatic carbocycles. The van der Waals surface area contributed by atoms with Crippen molar-refractivity contribution >= 4 is 0 Å². The van der Waals surface area contributed by atoms with Crippen molar-refractivity contribution in [3.05, 3.63) is 83.1 Å². The van der Waals surface area contributed by atoms with Crippen LogP contribution < -0.4 is 0 Å². The van der Waals surface area contributed by atoms with Crippen LogP contribution >= 0.6 is 0 Å². The summed E-state index contributed by atoms with van der Waals surface area (Å²) in [7, 11) is 0. The monoisotopic (exact) mass is 336 g/mol. The van der Waals surface area contributed by atoms with E-state index in [9.17, 15) is 0 Å². The van der Waals surface area contributed by atoms with Crippen molar-refractivity contribution in [3.63, 3.8) is 0 Å². The minimum Gasteiger partial charge on any atom is -0.0850 e. The first-order chi connectivity index (χ1) is 11.7. The number of rotatable bonds is 6. The van der Waals surface area contributed by atoms with Gasteiger partial charge in [0.25, 0.3) is 0 Å². The lowest BCUT2D eigenvalue weighted by Crippen LogP contribution is -2.26. The highest BCUT2D eigenvalue weighted by Gasteiger charge is 2.30. The molecule has 1 aliphatic rings. The van der Waals surface area contributed by atoms with Gasteiger partial charge in [0.15, 0.2) is 0 Å². The smallest absolute Gasteiger partial charge is 0.00285 e. The predicted octanol–water partition coefficient (Wildman–Crippen LogP) is 7.90. The van der Waals surface area contributed by atoms with Crippen molar-refractivity contribution < 1.29 is 0 Å². The fraction of sp³-hybridized carbons (Fsp3) is 0.440. The molecule has 0 saturated heterocycles. The Kier molecular flexibility index (Phi) is 8.69. The van der Waals surface area contributed by atoms with E-state index >= 15 is 0 Å². The predicted molar refractivity (Wildman–Crippen MR) is 115 cm³/mol. The van der Waals surface area contributed by atoms with Gasteiger partial charge in [0.05, 0.1) is 0 Å². The van der Waals surface area contributed by atoms with Gasteiger partial charge >= 0.3 is 0 Å². The van der Waals surface area contributed by atoms with Gasteiger partial charge < -0.3 is 0 Å². The summed E-state index contributed by atoms with van der Waals surface area (Å²) in [5.74, 6) is 0.551.